The SMILES string of the molecule is CCOc1ccc(C(=O)Nc2cccc(NC(=O)c3ccc(OCC)cc3)n2)cc1. The molecule has 30 heavy (non-hydrogen) atoms. The van der Waals surface area contributed by atoms with E-state index in [1.54, 1.807) is 66.7 Å². The van der Waals surface area contributed by atoms with Gasteiger partial charge in [0, 0.05) is 11.1 Å². The van der Waals surface area contributed by atoms with Crippen LogP contribution in [0.2, 0.25) is 0 Å². The number of pyridine rings is 1. The van der Waals surface area contributed by atoms with Gasteiger partial charge in [-0.05, 0) is 74.5 Å². The van der Waals surface area contributed by atoms with E-state index in [0.717, 1.165) is 0 Å². The van der Waals surface area contributed by atoms with E-state index >= 15 is 0 Å². The Morgan fingerprint density at radius 2 is 1.10 bits per heavy atom. The van der Waals surface area contributed by atoms with E-state index in [9.17, 15) is 9.59 Å². The molecule has 0 aliphatic rings. The van der Waals surface area contributed by atoms with Crippen molar-refractivity contribution in [2.75, 3.05) is 23.8 Å². The van der Waals surface area contributed by atoms with E-state index in [2.05, 4.69) is 15.6 Å². The molecule has 7 heteroatoms. The molecule has 0 atom stereocenters. The third-order valence-electron chi connectivity index (χ3n) is 4.09. The van der Waals surface area contributed by atoms with Crippen molar-refractivity contribution in [1.82, 2.24) is 4.98 Å². The molecule has 7 nitrogen and oxygen atoms in total. The Hall–Kier alpha value is -3.87. The van der Waals surface area contributed by atoms with Crippen molar-refractivity contribution in [3.8, 4) is 11.5 Å². The van der Waals surface area contributed by atoms with Gasteiger partial charge in [0.1, 0.15) is 23.1 Å². The molecule has 2 N–H and O–H groups in total. The lowest BCUT2D eigenvalue weighted by molar-refractivity contribution is 0.101. The minimum Gasteiger partial charge on any atom is -0.494 e. The standard InChI is InChI=1S/C23H23N3O4/c1-3-29-18-12-8-16(9-13-18)22(27)25-20-6-5-7-21(24-20)26-23(28)17-10-14-19(15-11-17)30-4-2/h5-15H,3-4H2,1-2H3,(H2,24,25,26,27,28). The highest BCUT2D eigenvalue weighted by molar-refractivity contribution is 6.05. The number of nitrogens with zero attached hydrogens (tertiary/aromatic N) is 1. The Morgan fingerprint density at radius 1 is 0.700 bits per heavy atom. The van der Waals surface area contributed by atoms with Crippen LogP contribution in [0.4, 0.5) is 11.6 Å². The lowest BCUT2D eigenvalue weighted by Crippen LogP contribution is -2.15. The molecule has 0 saturated heterocycles. The summed E-state index contributed by atoms with van der Waals surface area (Å²) < 4.78 is 10.8. The molecule has 0 aliphatic carbocycles. The summed E-state index contributed by atoms with van der Waals surface area (Å²) in [6, 6.07) is 18.7. The van der Waals surface area contributed by atoms with Gasteiger partial charge in [-0.2, -0.15) is 0 Å². The second kappa shape index (κ2) is 10.1. The Morgan fingerprint density at radius 3 is 1.47 bits per heavy atom. The van der Waals surface area contributed by atoms with Crippen LogP contribution >= 0.6 is 0 Å². The fraction of sp³-hybridized carbons (Fsp3) is 0.174. The predicted octanol–water partition coefficient (Wildman–Crippen LogP) is 4.38. The molecule has 0 bridgehead atoms. The number of rotatable bonds is 8. The number of aromatic nitrogens is 1. The van der Waals surface area contributed by atoms with Gasteiger partial charge in [-0.1, -0.05) is 6.07 Å². The van der Waals surface area contributed by atoms with Gasteiger partial charge in [0.05, 0.1) is 13.2 Å². The number of hydrogen-bond acceptors (Lipinski definition) is 5. The Bertz CT molecular complexity index is 923. The number of carbonyl (C=O) groups excluding carboxylic acids is 2. The van der Waals surface area contributed by atoms with Crippen molar-refractivity contribution in [3.05, 3.63) is 77.9 Å². The maximum atomic E-state index is 12.4. The zero-order valence-electron chi connectivity index (χ0n) is 16.8. The van der Waals surface area contributed by atoms with Crippen LogP contribution in [0.1, 0.15) is 34.6 Å². The highest BCUT2D eigenvalue weighted by atomic mass is 16.5. The summed E-state index contributed by atoms with van der Waals surface area (Å²) in [5.74, 6) is 1.45. The number of anilines is 2. The van der Waals surface area contributed by atoms with Gasteiger partial charge in [-0.3, -0.25) is 9.59 Å². The summed E-state index contributed by atoms with van der Waals surface area (Å²) in [5.41, 5.74) is 0.952. The number of ether oxygens (including phenoxy) is 2. The molecule has 0 fully saturated rings. The average Bonchev–Trinajstić information content (AvgIpc) is 2.75. The van der Waals surface area contributed by atoms with Crippen LogP contribution in [-0.4, -0.2) is 30.0 Å². The Balaban J connectivity index is 1.63. The molecule has 0 unspecified atom stereocenters. The van der Waals surface area contributed by atoms with Gasteiger partial charge in [-0.25, -0.2) is 4.98 Å². The molecule has 0 saturated carbocycles. The molecule has 0 radical (unpaired) electrons. The first-order chi connectivity index (χ1) is 14.6. The smallest absolute Gasteiger partial charge is 0.256 e. The molecule has 3 aromatic rings. The zero-order valence-corrected chi connectivity index (χ0v) is 16.8. The minimum absolute atomic E-state index is 0.305. The third kappa shape index (κ3) is 5.57. The summed E-state index contributed by atoms with van der Waals surface area (Å²) in [6.07, 6.45) is 0. The number of hydrogen-bond donors (Lipinski definition) is 2. The van der Waals surface area contributed by atoms with E-state index in [-0.39, 0.29) is 11.8 Å². The van der Waals surface area contributed by atoms with Crippen molar-refractivity contribution < 1.29 is 19.1 Å². The fourth-order valence-corrected chi connectivity index (χ4v) is 2.69. The summed E-state index contributed by atoms with van der Waals surface area (Å²) >= 11 is 0. The average molecular weight is 405 g/mol. The van der Waals surface area contributed by atoms with Crippen LogP contribution < -0.4 is 20.1 Å². The van der Waals surface area contributed by atoms with Gasteiger partial charge < -0.3 is 20.1 Å². The van der Waals surface area contributed by atoms with Gasteiger partial charge >= 0.3 is 0 Å². The first kappa shape index (κ1) is 20.9. The number of amides is 2. The normalized spacial score (nSPS) is 10.2. The highest BCUT2D eigenvalue weighted by Crippen LogP contribution is 2.16. The van der Waals surface area contributed by atoms with E-state index < -0.39 is 0 Å². The van der Waals surface area contributed by atoms with Crippen molar-refractivity contribution in [1.29, 1.82) is 0 Å². The maximum Gasteiger partial charge on any atom is 0.256 e. The second-order valence-electron chi connectivity index (χ2n) is 6.23. The van der Waals surface area contributed by atoms with Crippen molar-refractivity contribution in [2.24, 2.45) is 0 Å². The van der Waals surface area contributed by atoms with E-state index in [0.29, 0.717) is 47.5 Å². The summed E-state index contributed by atoms with van der Waals surface area (Å²) in [5, 5.41) is 5.45. The molecule has 1 aromatic heterocycles. The van der Waals surface area contributed by atoms with Gasteiger partial charge in [0.2, 0.25) is 0 Å². The first-order valence-electron chi connectivity index (χ1n) is 9.64. The number of carbonyl (C=O) groups is 2. The highest BCUT2D eigenvalue weighted by Gasteiger charge is 2.10. The summed E-state index contributed by atoms with van der Waals surface area (Å²) in [6.45, 7) is 4.91. The zero-order chi connectivity index (χ0) is 21.3. The molecule has 1 heterocycles. The predicted molar refractivity (Wildman–Crippen MR) is 115 cm³/mol. The van der Waals surface area contributed by atoms with Crippen molar-refractivity contribution in [2.45, 2.75) is 13.8 Å². The molecule has 0 aliphatic heterocycles. The van der Waals surface area contributed by atoms with Crippen LogP contribution in [0, 0.1) is 0 Å². The summed E-state index contributed by atoms with van der Waals surface area (Å²) in [4.78, 5) is 29.1. The molecule has 0 spiro atoms. The number of nitrogens with one attached hydrogen (secondary N) is 2. The maximum absolute atomic E-state index is 12.4. The topological polar surface area (TPSA) is 89.6 Å². The van der Waals surface area contributed by atoms with Crippen LogP contribution in [0.15, 0.2) is 66.7 Å². The lowest BCUT2D eigenvalue weighted by atomic mass is 10.2. The largest absolute Gasteiger partial charge is 0.494 e. The van der Waals surface area contributed by atoms with Crippen molar-refractivity contribution in [3.63, 3.8) is 0 Å². The first-order valence-corrected chi connectivity index (χ1v) is 9.64. The second-order valence-corrected chi connectivity index (χ2v) is 6.23. The fourth-order valence-electron chi connectivity index (χ4n) is 2.69. The number of benzene rings is 2. The van der Waals surface area contributed by atoms with Gasteiger partial charge in [-0.15, -0.1) is 0 Å². The van der Waals surface area contributed by atoms with E-state index in [1.165, 1.54) is 0 Å². The summed E-state index contributed by atoms with van der Waals surface area (Å²) in [7, 11) is 0. The van der Waals surface area contributed by atoms with Crippen LogP contribution in [0.3, 0.4) is 0 Å². The van der Waals surface area contributed by atoms with E-state index in [4.69, 9.17) is 9.47 Å². The Labute approximate surface area is 175 Å². The molecule has 2 amide bonds. The van der Waals surface area contributed by atoms with Crippen molar-refractivity contribution >= 4 is 23.5 Å². The molecule has 154 valence electrons. The van der Waals surface area contributed by atoms with Crippen LogP contribution in [-0.2, 0) is 0 Å². The van der Waals surface area contributed by atoms with Crippen LogP contribution in [0.25, 0.3) is 0 Å². The molecule has 3 rings (SSSR count). The molecular weight excluding hydrogens is 382 g/mol. The van der Waals surface area contributed by atoms with Gasteiger partial charge in [0.25, 0.3) is 11.8 Å². The van der Waals surface area contributed by atoms with Gasteiger partial charge in [0.15, 0.2) is 0 Å². The quantitative estimate of drug-likeness (QED) is 0.580. The molecular formula is C23H23N3O4. The Kier molecular flexibility index (Phi) is 7.00. The third-order valence-corrected chi connectivity index (χ3v) is 4.09. The lowest BCUT2D eigenvalue weighted by Gasteiger charge is -2.09. The monoisotopic (exact) mass is 405 g/mol. The van der Waals surface area contributed by atoms with E-state index in [1.807, 2.05) is 13.8 Å². The molecule has 2 aromatic carbocycles. The van der Waals surface area contributed by atoms with Crippen LogP contribution in [0.5, 0.6) is 11.5 Å². The minimum atomic E-state index is -0.305.